The number of guanidine groups is 1. The number of nitrogens with zero attached hydrogens (tertiary/aromatic N) is 2. The molecule has 14 nitrogen and oxygen atoms in total. The van der Waals surface area contributed by atoms with E-state index >= 15 is 0 Å². The molecule has 0 spiro atoms. The van der Waals surface area contributed by atoms with Crippen LogP contribution < -0.4 is 33.2 Å². The number of rotatable bonds is 13. The number of amides is 3. The molecule has 0 aromatic carbocycles. The van der Waals surface area contributed by atoms with E-state index in [1.807, 2.05) is 0 Å². The predicted octanol–water partition coefficient (Wildman–Crippen LogP) is -3.48. The fraction of sp³-hybridized carbons (Fsp3) is 0.529. The third-order valence-corrected chi connectivity index (χ3v) is 4.02. The van der Waals surface area contributed by atoms with Gasteiger partial charge in [-0.3, -0.25) is 24.2 Å². The van der Waals surface area contributed by atoms with Crippen LogP contribution in [0.15, 0.2) is 17.5 Å². The van der Waals surface area contributed by atoms with Crippen LogP contribution in [0, 0.1) is 0 Å². The van der Waals surface area contributed by atoms with Crippen molar-refractivity contribution < 1.29 is 24.3 Å². The molecule has 1 aromatic heterocycles. The Hall–Kier alpha value is -3.68. The van der Waals surface area contributed by atoms with Gasteiger partial charge in [0.05, 0.1) is 12.4 Å². The standard InChI is InChI=1S/C17H29N9O5/c1-9(18)14(29)26-12(5-10-6-21-8-24-10)16(31)25-11(3-2-4-22-17(19)20)15(30)23-7-13(27)28/h6,8-9,11-12H,2-5,7,18H2,1H3,(H,21,24)(H,23,30)(H,25,31)(H,26,29)(H,27,28)(H4,19,20,22). The lowest BCUT2D eigenvalue weighted by Gasteiger charge is -2.23. The van der Waals surface area contributed by atoms with E-state index in [0.29, 0.717) is 12.1 Å². The van der Waals surface area contributed by atoms with Gasteiger partial charge in [-0.1, -0.05) is 0 Å². The molecule has 0 aliphatic carbocycles. The molecule has 1 heterocycles. The second-order valence-electron chi connectivity index (χ2n) is 6.75. The molecule has 3 atom stereocenters. The van der Waals surface area contributed by atoms with Gasteiger partial charge in [0, 0.05) is 24.9 Å². The highest BCUT2D eigenvalue weighted by Gasteiger charge is 2.28. The molecule has 1 aromatic rings. The molecule has 0 fully saturated rings. The van der Waals surface area contributed by atoms with Gasteiger partial charge in [-0.2, -0.15) is 0 Å². The van der Waals surface area contributed by atoms with E-state index < -0.39 is 48.4 Å². The molecule has 14 heteroatoms. The van der Waals surface area contributed by atoms with E-state index in [-0.39, 0.29) is 25.3 Å². The molecule has 31 heavy (non-hydrogen) atoms. The fourth-order valence-corrected chi connectivity index (χ4v) is 2.46. The second-order valence-corrected chi connectivity index (χ2v) is 6.75. The zero-order valence-electron chi connectivity index (χ0n) is 17.1. The summed E-state index contributed by atoms with van der Waals surface area (Å²) < 4.78 is 0. The van der Waals surface area contributed by atoms with Crippen molar-refractivity contribution >= 4 is 29.7 Å². The number of hydrogen-bond acceptors (Lipinski definition) is 7. The van der Waals surface area contributed by atoms with Crippen LogP contribution in [0.3, 0.4) is 0 Å². The zero-order chi connectivity index (χ0) is 23.4. The number of carboxylic acid groups (broad SMARTS) is 1. The molecule has 0 bridgehead atoms. The van der Waals surface area contributed by atoms with Gasteiger partial charge >= 0.3 is 5.97 Å². The number of carbonyl (C=O) groups is 4. The number of carbonyl (C=O) groups excluding carboxylic acids is 3. The number of aromatic nitrogens is 2. The predicted molar refractivity (Wildman–Crippen MR) is 110 cm³/mol. The van der Waals surface area contributed by atoms with Crippen molar-refractivity contribution in [3.8, 4) is 0 Å². The smallest absolute Gasteiger partial charge is 0.322 e. The summed E-state index contributed by atoms with van der Waals surface area (Å²) in [4.78, 5) is 58.5. The van der Waals surface area contributed by atoms with Crippen LogP contribution in [0.5, 0.6) is 0 Å². The first kappa shape index (κ1) is 25.4. The van der Waals surface area contributed by atoms with Gasteiger partial charge in [0.15, 0.2) is 5.96 Å². The van der Waals surface area contributed by atoms with E-state index in [1.54, 1.807) is 0 Å². The Balaban J connectivity index is 2.91. The quantitative estimate of drug-likeness (QED) is 0.0862. The monoisotopic (exact) mass is 439 g/mol. The fourth-order valence-electron chi connectivity index (χ4n) is 2.46. The van der Waals surface area contributed by atoms with Gasteiger partial charge < -0.3 is 43.2 Å². The van der Waals surface area contributed by atoms with Gasteiger partial charge in [-0.15, -0.1) is 0 Å². The highest BCUT2D eigenvalue weighted by Crippen LogP contribution is 2.04. The summed E-state index contributed by atoms with van der Waals surface area (Å²) >= 11 is 0. The number of aliphatic imine (C=N–C) groups is 1. The minimum Gasteiger partial charge on any atom is -0.480 e. The lowest BCUT2D eigenvalue weighted by Crippen LogP contribution is -2.56. The molecule has 172 valence electrons. The molecule has 0 saturated carbocycles. The number of nitrogens with two attached hydrogens (primary N) is 3. The van der Waals surface area contributed by atoms with Crippen LogP contribution in [-0.2, 0) is 25.6 Å². The van der Waals surface area contributed by atoms with Crippen molar-refractivity contribution in [3.05, 3.63) is 18.2 Å². The molecule has 11 N–H and O–H groups in total. The number of hydrogen-bond donors (Lipinski definition) is 8. The first-order valence-corrected chi connectivity index (χ1v) is 9.48. The number of carboxylic acids is 1. The average molecular weight is 439 g/mol. The molecule has 1 rings (SSSR count). The Morgan fingerprint density at radius 3 is 2.39 bits per heavy atom. The summed E-state index contributed by atoms with van der Waals surface area (Å²) in [5.41, 5.74) is 16.7. The highest BCUT2D eigenvalue weighted by molar-refractivity contribution is 5.93. The van der Waals surface area contributed by atoms with Gasteiger partial charge in [0.1, 0.15) is 18.6 Å². The number of nitrogens with one attached hydrogen (secondary N) is 4. The normalized spacial score (nSPS) is 13.4. The summed E-state index contributed by atoms with van der Waals surface area (Å²) in [5, 5.41) is 16.1. The minimum atomic E-state index is -1.24. The van der Waals surface area contributed by atoms with E-state index in [2.05, 4.69) is 30.9 Å². The topological polar surface area (TPSA) is 244 Å². The maximum absolute atomic E-state index is 12.9. The van der Waals surface area contributed by atoms with Crippen LogP contribution >= 0.6 is 0 Å². The molecule has 3 unspecified atom stereocenters. The number of aliphatic carboxylic acids is 1. The van der Waals surface area contributed by atoms with Crippen LogP contribution in [0.25, 0.3) is 0 Å². The maximum atomic E-state index is 12.9. The van der Waals surface area contributed by atoms with Crippen molar-refractivity contribution in [2.75, 3.05) is 13.1 Å². The van der Waals surface area contributed by atoms with Crippen molar-refractivity contribution in [1.29, 1.82) is 0 Å². The lowest BCUT2D eigenvalue weighted by molar-refractivity contribution is -0.138. The summed E-state index contributed by atoms with van der Waals surface area (Å²) in [7, 11) is 0. The Bertz CT molecular complexity index is 775. The molecule has 0 aliphatic heterocycles. The second kappa shape index (κ2) is 12.8. The Morgan fingerprint density at radius 1 is 1.16 bits per heavy atom. The minimum absolute atomic E-state index is 0.0712. The van der Waals surface area contributed by atoms with E-state index in [9.17, 15) is 19.2 Å². The van der Waals surface area contributed by atoms with Crippen molar-refractivity contribution in [2.45, 2.75) is 44.3 Å². The SMILES string of the molecule is CC(N)C(=O)NC(Cc1cnc[nH]1)C(=O)NC(CCCN=C(N)N)C(=O)NCC(=O)O. The summed E-state index contributed by atoms with van der Waals surface area (Å²) in [5.74, 6) is -3.26. The first-order chi connectivity index (χ1) is 14.6. The van der Waals surface area contributed by atoms with Gasteiger partial charge in [-0.25, -0.2) is 4.98 Å². The Morgan fingerprint density at radius 2 is 1.84 bits per heavy atom. The van der Waals surface area contributed by atoms with Crippen LogP contribution in [-0.4, -0.2) is 75.9 Å². The molecule has 3 amide bonds. The first-order valence-electron chi connectivity index (χ1n) is 9.48. The largest absolute Gasteiger partial charge is 0.480 e. The van der Waals surface area contributed by atoms with E-state index in [4.69, 9.17) is 22.3 Å². The summed E-state index contributed by atoms with van der Waals surface area (Å²) in [6, 6.07) is -2.98. The number of aromatic amines is 1. The Labute approximate surface area is 178 Å². The van der Waals surface area contributed by atoms with Crippen molar-refractivity contribution in [3.63, 3.8) is 0 Å². The molecular weight excluding hydrogens is 410 g/mol. The zero-order valence-corrected chi connectivity index (χ0v) is 17.1. The lowest BCUT2D eigenvalue weighted by atomic mass is 10.1. The van der Waals surface area contributed by atoms with Crippen LogP contribution in [0.4, 0.5) is 0 Å². The van der Waals surface area contributed by atoms with Gasteiger partial charge in [0.2, 0.25) is 17.7 Å². The summed E-state index contributed by atoms with van der Waals surface area (Å²) in [6.07, 6.45) is 3.45. The molecule has 0 aliphatic rings. The van der Waals surface area contributed by atoms with E-state index in [1.165, 1.54) is 19.4 Å². The highest BCUT2D eigenvalue weighted by atomic mass is 16.4. The number of H-pyrrole nitrogens is 1. The van der Waals surface area contributed by atoms with Crippen LogP contribution in [0.1, 0.15) is 25.5 Å². The average Bonchev–Trinajstić information content (AvgIpc) is 3.20. The Kier molecular flexibility index (Phi) is 10.5. The molecule has 0 saturated heterocycles. The molecule has 0 radical (unpaired) electrons. The third kappa shape index (κ3) is 10.1. The van der Waals surface area contributed by atoms with Crippen molar-refractivity contribution in [1.82, 2.24) is 25.9 Å². The summed E-state index contributed by atoms with van der Waals surface area (Å²) in [6.45, 7) is 1.06. The molecular formula is C17H29N9O5. The van der Waals surface area contributed by atoms with E-state index in [0.717, 1.165) is 0 Å². The third-order valence-electron chi connectivity index (χ3n) is 4.02. The maximum Gasteiger partial charge on any atom is 0.322 e. The number of imidazole rings is 1. The van der Waals surface area contributed by atoms with Crippen LogP contribution in [0.2, 0.25) is 0 Å². The van der Waals surface area contributed by atoms with Crippen molar-refractivity contribution in [2.24, 2.45) is 22.2 Å². The van der Waals surface area contributed by atoms with Gasteiger partial charge in [0.25, 0.3) is 0 Å². The van der Waals surface area contributed by atoms with Gasteiger partial charge in [-0.05, 0) is 19.8 Å².